The van der Waals surface area contributed by atoms with Crippen molar-refractivity contribution in [1.29, 1.82) is 0 Å². The molecule has 2 aromatic heterocycles. The number of nitrogens with zero attached hydrogens (tertiary/aromatic N) is 2. The maximum Gasteiger partial charge on any atom is 0.411 e. The molecule has 0 aliphatic rings. The molecule has 29 heavy (non-hydrogen) atoms. The van der Waals surface area contributed by atoms with Crippen molar-refractivity contribution in [3.05, 3.63) is 66.5 Å². The van der Waals surface area contributed by atoms with E-state index in [4.69, 9.17) is 0 Å². The highest BCUT2D eigenvalue weighted by molar-refractivity contribution is 5.85. The molecular formula is C21H20N6O2. The number of hydrogen-bond acceptors (Lipinski definition) is 5. The molecule has 4 aromatic rings. The summed E-state index contributed by atoms with van der Waals surface area (Å²) < 4.78 is 4.61. The Morgan fingerprint density at radius 3 is 2.52 bits per heavy atom. The number of ether oxygens (including phenoxy) is 1. The first-order valence-electron chi connectivity index (χ1n) is 9.00. The van der Waals surface area contributed by atoms with Gasteiger partial charge < -0.3 is 10.1 Å². The van der Waals surface area contributed by atoms with Crippen LogP contribution in [0.4, 0.5) is 22.0 Å². The second-order valence-corrected chi connectivity index (χ2v) is 6.50. The number of carbonyl (C=O) groups excluding carboxylic acids is 1. The zero-order valence-electron chi connectivity index (χ0n) is 16.0. The van der Waals surface area contributed by atoms with Gasteiger partial charge in [0.15, 0.2) is 5.82 Å². The quantitative estimate of drug-likeness (QED) is 0.396. The molecule has 0 radical (unpaired) electrons. The summed E-state index contributed by atoms with van der Waals surface area (Å²) in [6.45, 7) is 1.95. The highest BCUT2D eigenvalue weighted by Gasteiger charge is 2.08. The molecule has 2 aromatic carbocycles. The Kier molecular flexibility index (Phi) is 4.98. The standard InChI is InChI=1S/C21H20N6O2/c1-13-9-17(24-21(28)29-2)7-8-18(13)25-20-10-19(26-27-20)15-5-3-14(4-6-15)16-11-22-23-12-16/h3-12H,1-2H3,(H,22,23)(H,24,28)(H2,25,26,27). The molecule has 0 fully saturated rings. The van der Waals surface area contributed by atoms with Crippen molar-refractivity contribution in [3.8, 4) is 22.4 Å². The van der Waals surface area contributed by atoms with Gasteiger partial charge in [0.05, 0.1) is 19.0 Å². The number of aryl methyl sites for hydroxylation is 1. The third kappa shape index (κ3) is 4.11. The van der Waals surface area contributed by atoms with Gasteiger partial charge in [0, 0.05) is 29.2 Å². The van der Waals surface area contributed by atoms with Gasteiger partial charge in [0.2, 0.25) is 0 Å². The monoisotopic (exact) mass is 388 g/mol. The fourth-order valence-electron chi connectivity index (χ4n) is 2.97. The lowest BCUT2D eigenvalue weighted by Crippen LogP contribution is -2.11. The van der Waals surface area contributed by atoms with E-state index < -0.39 is 6.09 Å². The minimum atomic E-state index is -0.499. The van der Waals surface area contributed by atoms with Gasteiger partial charge in [-0.15, -0.1) is 0 Å². The predicted octanol–water partition coefficient (Wildman–Crippen LogP) is 4.70. The van der Waals surface area contributed by atoms with E-state index in [9.17, 15) is 4.79 Å². The molecule has 0 aliphatic carbocycles. The Bertz CT molecular complexity index is 1120. The Labute approximate surface area is 167 Å². The molecule has 0 unspecified atom stereocenters. The molecule has 0 atom stereocenters. The van der Waals surface area contributed by atoms with Crippen LogP contribution in [0, 0.1) is 6.92 Å². The summed E-state index contributed by atoms with van der Waals surface area (Å²) in [4.78, 5) is 11.3. The predicted molar refractivity (Wildman–Crippen MR) is 112 cm³/mol. The lowest BCUT2D eigenvalue weighted by atomic mass is 10.1. The maximum atomic E-state index is 11.3. The van der Waals surface area contributed by atoms with Crippen molar-refractivity contribution >= 4 is 23.3 Å². The van der Waals surface area contributed by atoms with Gasteiger partial charge in [-0.2, -0.15) is 10.2 Å². The highest BCUT2D eigenvalue weighted by atomic mass is 16.5. The number of anilines is 3. The number of nitrogens with one attached hydrogen (secondary N) is 4. The molecule has 0 bridgehead atoms. The Balaban J connectivity index is 1.47. The van der Waals surface area contributed by atoms with Crippen molar-refractivity contribution in [1.82, 2.24) is 20.4 Å². The fraction of sp³-hybridized carbons (Fsp3) is 0.0952. The highest BCUT2D eigenvalue weighted by Crippen LogP contribution is 2.27. The third-order valence-corrected chi connectivity index (χ3v) is 4.53. The largest absolute Gasteiger partial charge is 0.453 e. The van der Waals surface area contributed by atoms with Crippen LogP contribution in [0.3, 0.4) is 0 Å². The van der Waals surface area contributed by atoms with E-state index >= 15 is 0 Å². The SMILES string of the molecule is COC(=O)Nc1ccc(Nc2cc(-c3ccc(-c4cn[nH]c4)cc3)[nH]n2)c(C)c1. The summed E-state index contributed by atoms with van der Waals surface area (Å²) in [5.74, 6) is 0.704. The zero-order valence-corrected chi connectivity index (χ0v) is 16.0. The Morgan fingerprint density at radius 1 is 1.03 bits per heavy atom. The van der Waals surface area contributed by atoms with Crippen molar-refractivity contribution < 1.29 is 9.53 Å². The summed E-state index contributed by atoms with van der Waals surface area (Å²) in [7, 11) is 1.33. The van der Waals surface area contributed by atoms with E-state index in [1.165, 1.54) is 7.11 Å². The van der Waals surface area contributed by atoms with E-state index in [-0.39, 0.29) is 0 Å². The van der Waals surface area contributed by atoms with Crippen LogP contribution in [-0.4, -0.2) is 33.6 Å². The summed E-state index contributed by atoms with van der Waals surface area (Å²) in [6, 6.07) is 15.7. The van der Waals surface area contributed by atoms with Crippen molar-refractivity contribution in [2.75, 3.05) is 17.7 Å². The van der Waals surface area contributed by atoms with Crippen molar-refractivity contribution in [2.45, 2.75) is 6.92 Å². The normalized spacial score (nSPS) is 10.6. The van der Waals surface area contributed by atoms with E-state index in [0.29, 0.717) is 11.5 Å². The summed E-state index contributed by atoms with van der Waals surface area (Å²) in [5.41, 5.74) is 6.61. The lowest BCUT2D eigenvalue weighted by Gasteiger charge is -2.10. The number of carbonyl (C=O) groups is 1. The molecule has 8 heteroatoms. The summed E-state index contributed by atoms with van der Waals surface area (Å²) >= 11 is 0. The van der Waals surface area contributed by atoms with Gasteiger partial charge in [0.25, 0.3) is 0 Å². The van der Waals surface area contributed by atoms with Gasteiger partial charge in [-0.1, -0.05) is 24.3 Å². The Hall–Kier alpha value is -4.07. The second kappa shape index (κ2) is 7.89. The van der Waals surface area contributed by atoms with Crippen LogP contribution >= 0.6 is 0 Å². The first-order chi connectivity index (χ1) is 14.1. The lowest BCUT2D eigenvalue weighted by molar-refractivity contribution is 0.187. The number of rotatable bonds is 5. The minimum Gasteiger partial charge on any atom is -0.453 e. The maximum absolute atomic E-state index is 11.3. The van der Waals surface area contributed by atoms with Crippen LogP contribution in [0.5, 0.6) is 0 Å². The van der Waals surface area contributed by atoms with Gasteiger partial charge in [-0.25, -0.2) is 4.79 Å². The van der Waals surface area contributed by atoms with E-state index in [2.05, 4.69) is 35.8 Å². The smallest absolute Gasteiger partial charge is 0.411 e. The molecule has 146 valence electrons. The Morgan fingerprint density at radius 2 is 1.83 bits per heavy atom. The number of benzene rings is 2. The van der Waals surface area contributed by atoms with Gasteiger partial charge in [-0.05, 0) is 41.8 Å². The molecule has 0 spiro atoms. The fourth-order valence-corrected chi connectivity index (χ4v) is 2.97. The number of aromatic nitrogens is 4. The van der Waals surface area contributed by atoms with Crippen LogP contribution in [-0.2, 0) is 4.74 Å². The van der Waals surface area contributed by atoms with Crippen LogP contribution in [0.25, 0.3) is 22.4 Å². The number of methoxy groups -OCH3 is 1. The minimum absolute atomic E-state index is 0.499. The third-order valence-electron chi connectivity index (χ3n) is 4.53. The van der Waals surface area contributed by atoms with Crippen LogP contribution in [0.15, 0.2) is 60.9 Å². The van der Waals surface area contributed by atoms with Crippen LogP contribution in [0.1, 0.15) is 5.56 Å². The van der Waals surface area contributed by atoms with Gasteiger partial charge in [-0.3, -0.25) is 15.5 Å². The van der Waals surface area contributed by atoms with Crippen LogP contribution in [0.2, 0.25) is 0 Å². The summed E-state index contributed by atoms with van der Waals surface area (Å²) in [5, 5.41) is 20.1. The zero-order chi connectivity index (χ0) is 20.2. The van der Waals surface area contributed by atoms with Crippen LogP contribution < -0.4 is 10.6 Å². The molecule has 1 amide bonds. The topological polar surface area (TPSA) is 108 Å². The average molecular weight is 388 g/mol. The molecule has 2 heterocycles. The molecule has 0 saturated carbocycles. The first kappa shape index (κ1) is 18.3. The molecule has 0 saturated heterocycles. The summed E-state index contributed by atoms with van der Waals surface area (Å²) in [6.07, 6.45) is 3.16. The van der Waals surface area contributed by atoms with E-state index in [1.54, 1.807) is 12.3 Å². The van der Waals surface area contributed by atoms with E-state index in [0.717, 1.165) is 33.6 Å². The van der Waals surface area contributed by atoms with Gasteiger partial charge >= 0.3 is 6.09 Å². The molecule has 4 rings (SSSR count). The molecule has 8 nitrogen and oxygen atoms in total. The second-order valence-electron chi connectivity index (χ2n) is 6.50. The van der Waals surface area contributed by atoms with Crippen molar-refractivity contribution in [3.63, 3.8) is 0 Å². The number of H-pyrrole nitrogens is 2. The van der Waals surface area contributed by atoms with Crippen molar-refractivity contribution in [2.24, 2.45) is 0 Å². The number of amides is 1. The van der Waals surface area contributed by atoms with Gasteiger partial charge in [0.1, 0.15) is 0 Å². The molecular weight excluding hydrogens is 368 g/mol. The number of aromatic amines is 2. The molecule has 4 N–H and O–H groups in total. The molecule has 0 aliphatic heterocycles. The first-order valence-corrected chi connectivity index (χ1v) is 9.00. The van der Waals surface area contributed by atoms with E-state index in [1.807, 2.05) is 55.6 Å². The average Bonchev–Trinajstić information content (AvgIpc) is 3.42. The number of hydrogen-bond donors (Lipinski definition) is 4.